The number of alkyl carbamates (subject to hydrolysis) is 1. The van der Waals surface area contributed by atoms with E-state index in [1.54, 1.807) is 38.1 Å². The summed E-state index contributed by atoms with van der Waals surface area (Å²) in [5.74, 6) is -3.70. The number of aliphatic hydroxyl groups is 1. The highest BCUT2D eigenvalue weighted by molar-refractivity contribution is 6.24. The second-order valence-electron chi connectivity index (χ2n) is 7.74. The van der Waals surface area contributed by atoms with Crippen molar-refractivity contribution in [3.05, 3.63) is 59.1 Å². The molecule has 2 atom stereocenters. The zero-order valence-electron chi connectivity index (χ0n) is 18.6. The Labute approximate surface area is 186 Å². The number of ether oxygens (including phenoxy) is 3. The van der Waals surface area contributed by atoms with Crippen molar-refractivity contribution in [3.8, 4) is 0 Å². The summed E-state index contributed by atoms with van der Waals surface area (Å²) in [5.41, 5.74) is -1.73. The summed E-state index contributed by atoms with van der Waals surface area (Å²) in [6, 6.07) is 7.85. The first-order chi connectivity index (χ1) is 15.0. The Balaban J connectivity index is 2.17. The number of rotatable bonds is 8. The molecule has 2 rings (SSSR count). The summed E-state index contributed by atoms with van der Waals surface area (Å²) < 4.78 is 15.7. The molecule has 2 N–H and O–H groups in total. The molecule has 1 aliphatic carbocycles. The number of amides is 1. The lowest BCUT2D eigenvalue weighted by molar-refractivity contribution is -0.167. The second-order valence-corrected chi connectivity index (χ2v) is 7.74. The van der Waals surface area contributed by atoms with Gasteiger partial charge in [0.05, 0.1) is 7.11 Å². The van der Waals surface area contributed by atoms with Gasteiger partial charge in [0.25, 0.3) is 0 Å². The lowest BCUT2D eigenvalue weighted by Crippen LogP contribution is -2.52. The fourth-order valence-corrected chi connectivity index (χ4v) is 3.15. The number of aliphatic hydroxyl groups excluding tert-OH is 1. The molecule has 0 fully saturated rings. The minimum absolute atomic E-state index is 0.00530. The molecule has 32 heavy (non-hydrogen) atoms. The molecule has 9 heteroatoms. The first-order valence-electron chi connectivity index (χ1n) is 9.96. The van der Waals surface area contributed by atoms with Crippen LogP contribution in [0.2, 0.25) is 0 Å². The fraction of sp³-hybridized carbons (Fsp3) is 0.391. The van der Waals surface area contributed by atoms with Crippen LogP contribution in [0.15, 0.2) is 53.5 Å². The van der Waals surface area contributed by atoms with Crippen LogP contribution in [0.4, 0.5) is 4.79 Å². The molecular weight excluding hydrogens is 418 g/mol. The van der Waals surface area contributed by atoms with Crippen molar-refractivity contribution in [2.45, 2.75) is 45.9 Å². The van der Waals surface area contributed by atoms with Gasteiger partial charge in [0, 0.05) is 6.08 Å². The summed E-state index contributed by atoms with van der Waals surface area (Å²) in [4.78, 5) is 50.0. The largest absolute Gasteiger partial charge is 0.507 e. The molecule has 9 nitrogen and oxygen atoms in total. The molecule has 0 saturated heterocycles. The van der Waals surface area contributed by atoms with E-state index in [9.17, 15) is 24.3 Å². The number of allylic oxidation sites excluding steroid dienone is 1. The Morgan fingerprint density at radius 3 is 2.31 bits per heavy atom. The average molecular weight is 445 g/mol. The van der Waals surface area contributed by atoms with Crippen LogP contribution in [0, 0.1) is 5.92 Å². The quantitative estimate of drug-likeness (QED) is 0.462. The third-order valence-electron chi connectivity index (χ3n) is 4.94. The molecule has 0 aromatic heterocycles. The van der Waals surface area contributed by atoms with Gasteiger partial charge < -0.3 is 24.6 Å². The number of methoxy groups -OCH3 is 1. The highest BCUT2D eigenvalue weighted by Gasteiger charge is 2.50. The predicted molar refractivity (Wildman–Crippen MR) is 113 cm³/mol. The number of benzene rings is 1. The molecule has 1 amide bonds. The lowest BCUT2D eigenvalue weighted by atomic mass is 9.85. The standard InChI is InChI=1S/C23H27NO8/c1-13(2)19(24-22(29)31-12-15-9-7-6-8-10-15)21(28)32-23(4)17(30-5)11-16(26)18(14(3)25)20(23)27/h6-11,13,19,26H,12H2,1-5H3,(H,24,29)/t19-,23+/m0/s1. The van der Waals surface area contributed by atoms with Gasteiger partial charge in [0.15, 0.2) is 11.5 Å². The smallest absolute Gasteiger partial charge is 0.408 e. The van der Waals surface area contributed by atoms with Gasteiger partial charge in [-0.15, -0.1) is 0 Å². The van der Waals surface area contributed by atoms with Crippen molar-refractivity contribution < 1.29 is 38.5 Å². The molecule has 1 aliphatic rings. The Hall–Kier alpha value is -3.62. The van der Waals surface area contributed by atoms with E-state index in [4.69, 9.17) is 14.2 Å². The molecule has 0 radical (unpaired) electrons. The van der Waals surface area contributed by atoms with Crippen LogP contribution < -0.4 is 5.32 Å². The molecule has 1 aromatic carbocycles. The van der Waals surface area contributed by atoms with Gasteiger partial charge >= 0.3 is 12.1 Å². The molecule has 0 heterocycles. The van der Waals surface area contributed by atoms with Crippen molar-refractivity contribution >= 4 is 23.6 Å². The molecule has 172 valence electrons. The van der Waals surface area contributed by atoms with Crippen molar-refractivity contribution in [1.29, 1.82) is 0 Å². The minimum Gasteiger partial charge on any atom is -0.507 e. The number of ketones is 2. The molecule has 0 saturated carbocycles. The number of nitrogens with one attached hydrogen (secondary N) is 1. The Morgan fingerprint density at radius 1 is 1.16 bits per heavy atom. The summed E-state index contributed by atoms with van der Waals surface area (Å²) in [7, 11) is 1.23. The topological polar surface area (TPSA) is 128 Å². The van der Waals surface area contributed by atoms with Crippen LogP contribution in [0.1, 0.15) is 33.3 Å². The molecule has 0 spiro atoms. The molecule has 0 bridgehead atoms. The number of carbonyl (C=O) groups is 4. The number of esters is 1. The minimum atomic E-state index is -2.00. The first kappa shape index (κ1) is 24.6. The van der Waals surface area contributed by atoms with Crippen molar-refractivity contribution in [2.24, 2.45) is 5.92 Å². The van der Waals surface area contributed by atoms with E-state index >= 15 is 0 Å². The van der Waals surface area contributed by atoms with E-state index < -0.39 is 52.5 Å². The number of hydrogen-bond donors (Lipinski definition) is 2. The van der Waals surface area contributed by atoms with E-state index in [-0.39, 0.29) is 12.4 Å². The van der Waals surface area contributed by atoms with E-state index in [1.165, 1.54) is 14.0 Å². The van der Waals surface area contributed by atoms with Gasteiger partial charge in [-0.25, -0.2) is 9.59 Å². The maximum Gasteiger partial charge on any atom is 0.408 e. The predicted octanol–water partition coefficient (Wildman–Crippen LogP) is 2.75. The van der Waals surface area contributed by atoms with Gasteiger partial charge in [0.1, 0.15) is 24.0 Å². The summed E-state index contributed by atoms with van der Waals surface area (Å²) in [6.07, 6.45) is 0.214. The SMILES string of the molecule is COC1=CC(O)=C(C(C)=O)C(=O)[C@]1(C)OC(=O)[C@@H](NC(=O)OCc1ccccc1)C(C)C. The van der Waals surface area contributed by atoms with Crippen LogP contribution in [0.25, 0.3) is 0 Å². The highest BCUT2D eigenvalue weighted by atomic mass is 16.6. The fourth-order valence-electron chi connectivity index (χ4n) is 3.15. The number of carbonyl (C=O) groups excluding carboxylic acids is 4. The maximum absolute atomic E-state index is 12.9. The molecule has 0 aliphatic heterocycles. The van der Waals surface area contributed by atoms with Crippen molar-refractivity contribution in [1.82, 2.24) is 5.32 Å². The second kappa shape index (κ2) is 10.1. The Bertz CT molecular complexity index is 963. The number of hydrogen-bond acceptors (Lipinski definition) is 8. The maximum atomic E-state index is 12.9. The van der Waals surface area contributed by atoms with E-state index in [0.717, 1.165) is 18.6 Å². The Kier molecular flexibility index (Phi) is 7.80. The van der Waals surface area contributed by atoms with Crippen LogP contribution >= 0.6 is 0 Å². The summed E-state index contributed by atoms with van der Waals surface area (Å²) >= 11 is 0. The van der Waals surface area contributed by atoms with E-state index in [2.05, 4.69) is 5.32 Å². The van der Waals surface area contributed by atoms with E-state index in [1.807, 2.05) is 6.07 Å². The average Bonchev–Trinajstić information content (AvgIpc) is 2.73. The summed E-state index contributed by atoms with van der Waals surface area (Å²) in [5, 5.41) is 12.5. The number of Topliss-reactive ketones (excluding diaryl/α,β-unsaturated/α-hetero) is 2. The molecular formula is C23H27NO8. The van der Waals surface area contributed by atoms with Gasteiger partial charge in [0.2, 0.25) is 11.4 Å². The van der Waals surface area contributed by atoms with Crippen molar-refractivity contribution in [2.75, 3.05) is 7.11 Å². The third kappa shape index (κ3) is 5.35. The van der Waals surface area contributed by atoms with Crippen LogP contribution in [0.3, 0.4) is 0 Å². The van der Waals surface area contributed by atoms with Gasteiger partial charge in [-0.05, 0) is 25.3 Å². The Morgan fingerprint density at radius 2 is 1.78 bits per heavy atom. The van der Waals surface area contributed by atoms with Crippen LogP contribution in [-0.4, -0.2) is 47.5 Å². The zero-order chi connectivity index (χ0) is 24.1. The van der Waals surface area contributed by atoms with E-state index in [0.29, 0.717) is 0 Å². The monoisotopic (exact) mass is 445 g/mol. The van der Waals surface area contributed by atoms with Crippen molar-refractivity contribution in [3.63, 3.8) is 0 Å². The van der Waals surface area contributed by atoms with Gasteiger partial charge in [-0.3, -0.25) is 9.59 Å². The zero-order valence-corrected chi connectivity index (χ0v) is 18.6. The summed E-state index contributed by atoms with van der Waals surface area (Å²) in [6.45, 7) is 5.72. The third-order valence-corrected chi connectivity index (χ3v) is 4.94. The van der Waals surface area contributed by atoms with Crippen LogP contribution in [-0.2, 0) is 35.2 Å². The van der Waals surface area contributed by atoms with Crippen LogP contribution in [0.5, 0.6) is 0 Å². The first-order valence-corrected chi connectivity index (χ1v) is 9.96. The lowest BCUT2D eigenvalue weighted by Gasteiger charge is -2.34. The highest BCUT2D eigenvalue weighted by Crippen LogP contribution is 2.33. The van der Waals surface area contributed by atoms with Gasteiger partial charge in [-0.1, -0.05) is 44.2 Å². The normalized spacial score (nSPS) is 19.2. The molecule has 0 unspecified atom stereocenters. The molecule has 1 aromatic rings. The van der Waals surface area contributed by atoms with Gasteiger partial charge in [-0.2, -0.15) is 0 Å².